The van der Waals surface area contributed by atoms with Crippen molar-refractivity contribution in [3.05, 3.63) is 0 Å². The van der Waals surface area contributed by atoms with Crippen molar-refractivity contribution in [2.24, 2.45) is 34.5 Å². The summed E-state index contributed by atoms with van der Waals surface area (Å²) in [5, 5.41) is 25.0. The number of aliphatic hydroxyl groups is 1. The van der Waals surface area contributed by atoms with E-state index in [2.05, 4.69) is 13.8 Å². The van der Waals surface area contributed by atoms with Crippen LogP contribution in [0, 0.1) is 34.5 Å². The second kappa shape index (κ2) is 5.71. The van der Waals surface area contributed by atoms with Crippen LogP contribution in [0.5, 0.6) is 0 Å². The average molecular weight is 377 g/mol. The number of rotatable bonds is 0. The maximum Gasteiger partial charge on any atom is 0.148 e. The zero-order chi connectivity index (χ0) is 19.2. The van der Waals surface area contributed by atoms with Gasteiger partial charge in [0.15, 0.2) is 0 Å². The summed E-state index contributed by atoms with van der Waals surface area (Å²) in [6.45, 7) is 9.49. The van der Waals surface area contributed by atoms with Crippen LogP contribution in [0.1, 0.15) is 85.5 Å². The molecule has 5 rings (SSSR count). The molecule has 4 saturated carbocycles. The summed E-state index contributed by atoms with van der Waals surface area (Å²) in [6, 6.07) is 0. The van der Waals surface area contributed by atoms with Crippen LogP contribution < -0.4 is 0 Å². The minimum atomic E-state index is -0.562. The van der Waals surface area contributed by atoms with E-state index in [1.54, 1.807) is 0 Å². The van der Waals surface area contributed by atoms with E-state index in [-0.39, 0.29) is 11.5 Å². The standard InChI is InChI=1S/C23H38NO3/c1-20(2)14-27-23(24(20)26)12-11-21(3)15(13-23)5-6-16-17-7-8-19(25)22(17,4)10-9-18(16)21/h15-19,25H,5-14H2,1-4H3/t15-,16-,17-,18-,19-,21-,22-,23?/m0/s1. The van der Waals surface area contributed by atoms with Crippen molar-refractivity contribution >= 4 is 0 Å². The maximum absolute atomic E-state index is 13.1. The number of hydrogen-bond donors (Lipinski definition) is 1. The fourth-order valence-electron chi connectivity index (χ4n) is 8.48. The second-order valence-corrected chi connectivity index (χ2v) is 11.8. The molecule has 0 aromatic carbocycles. The lowest BCUT2D eigenvalue weighted by Gasteiger charge is -2.62. The monoisotopic (exact) mass is 376 g/mol. The molecule has 5 aliphatic rings. The quantitative estimate of drug-likeness (QED) is 0.675. The molecule has 4 heteroatoms. The van der Waals surface area contributed by atoms with Crippen LogP contribution in [0.3, 0.4) is 0 Å². The van der Waals surface area contributed by atoms with Crippen molar-refractivity contribution in [2.75, 3.05) is 6.61 Å². The van der Waals surface area contributed by atoms with Gasteiger partial charge in [0.25, 0.3) is 0 Å². The molecule has 4 aliphatic carbocycles. The SMILES string of the molecule is CC1(C)COC2(CC[C@@]3(C)[C@@H](CC[C@@H]4[C@@H]3CC[C@]3(C)[C@@H](O)CC[C@@H]43)C2)N1[O]. The molecular formula is C23H38NO3. The van der Waals surface area contributed by atoms with E-state index in [0.717, 1.165) is 37.5 Å². The highest BCUT2D eigenvalue weighted by Gasteiger charge is 2.64. The molecule has 0 amide bonds. The number of fused-ring (bicyclic) bond motifs is 5. The predicted octanol–water partition coefficient (Wildman–Crippen LogP) is 4.54. The van der Waals surface area contributed by atoms with Crippen molar-refractivity contribution < 1.29 is 15.1 Å². The van der Waals surface area contributed by atoms with Crippen LogP contribution >= 0.6 is 0 Å². The van der Waals surface area contributed by atoms with Crippen molar-refractivity contribution in [3.63, 3.8) is 0 Å². The summed E-state index contributed by atoms with van der Waals surface area (Å²) in [4.78, 5) is 0. The maximum atomic E-state index is 13.1. The Kier molecular flexibility index (Phi) is 3.99. The van der Waals surface area contributed by atoms with Gasteiger partial charge < -0.3 is 9.84 Å². The van der Waals surface area contributed by atoms with Gasteiger partial charge >= 0.3 is 0 Å². The van der Waals surface area contributed by atoms with Gasteiger partial charge in [-0.2, -0.15) is 0 Å². The molecule has 1 N–H and O–H groups in total. The second-order valence-electron chi connectivity index (χ2n) is 11.8. The van der Waals surface area contributed by atoms with Gasteiger partial charge in [-0.3, -0.25) is 0 Å². The largest absolute Gasteiger partial charge is 0.393 e. The average Bonchev–Trinajstić information content (AvgIpc) is 3.05. The first-order valence-electron chi connectivity index (χ1n) is 11.4. The highest BCUT2D eigenvalue weighted by molar-refractivity contribution is 5.11. The van der Waals surface area contributed by atoms with Crippen LogP contribution in [0.2, 0.25) is 0 Å². The van der Waals surface area contributed by atoms with E-state index in [0.29, 0.717) is 23.9 Å². The Morgan fingerprint density at radius 1 is 0.889 bits per heavy atom. The van der Waals surface area contributed by atoms with Crippen molar-refractivity contribution in [2.45, 2.75) is 103 Å². The third-order valence-electron chi connectivity index (χ3n) is 10.2. The molecule has 27 heavy (non-hydrogen) atoms. The van der Waals surface area contributed by atoms with Crippen LogP contribution in [0.4, 0.5) is 0 Å². The van der Waals surface area contributed by atoms with Crippen molar-refractivity contribution in [1.82, 2.24) is 5.06 Å². The topological polar surface area (TPSA) is 52.6 Å². The Bertz CT molecular complexity index is 623. The molecule has 1 radical (unpaired) electrons. The summed E-state index contributed by atoms with van der Waals surface area (Å²) in [7, 11) is 0. The summed E-state index contributed by atoms with van der Waals surface area (Å²) < 4.78 is 6.22. The fraction of sp³-hybridized carbons (Fsp3) is 1.00. The van der Waals surface area contributed by atoms with Crippen LogP contribution in [0.25, 0.3) is 0 Å². The molecule has 8 atom stereocenters. The Balaban J connectivity index is 1.40. The summed E-state index contributed by atoms with van der Waals surface area (Å²) in [6.07, 6.45) is 10.0. The summed E-state index contributed by atoms with van der Waals surface area (Å²) in [5.41, 5.74) is -0.449. The van der Waals surface area contributed by atoms with E-state index in [1.165, 1.54) is 37.2 Å². The molecule has 1 heterocycles. The first kappa shape index (κ1) is 18.8. The summed E-state index contributed by atoms with van der Waals surface area (Å²) >= 11 is 0. The van der Waals surface area contributed by atoms with Gasteiger partial charge in [0.05, 0.1) is 18.2 Å². The van der Waals surface area contributed by atoms with Gasteiger partial charge in [-0.25, -0.2) is 0 Å². The first-order chi connectivity index (χ1) is 12.6. The molecular weight excluding hydrogens is 338 g/mol. The number of ether oxygens (including phenoxy) is 1. The van der Waals surface area contributed by atoms with Gasteiger partial charge in [-0.05, 0) is 106 Å². The highest BCUT2D eigenvalue weighted by Crippen LogP contribution is 2.67. The Labute approximate surface area is 164 Å². The lowest BCUT2D eigenvalue weighted by molar-refractivity contribution is -0.315. The van der Waals surface area contributed by atoms with Crippen LogP contribution in [-0.4, -0.2) is 34.1 Å². The molecule has 4 nitrogen and oxygen atoms in total. The van der Waals surface area contributed by atoms with Gasteiger partial charge in [0.2, 0.25) is 0 Å². The van der Waals surface area contributed by atoms with Gasteiger partial charge in [0, 0.05) is 0 Å². The minimum Gasteiger partial charge on any atom is -0.393 e. The zero-order valence-electron chi connectivity index (χ0n) is 17.7. The third kappa shape index (κ3) is 2.36. The van der Waals surface area contributed by atoms with E-state index < -0.39 is 11.3 Å². The normalized spacial score (nSPS) is 57.3. The molecule has 153 valence electrons. The molecule has 1 spiro atoms. The number of hydroxylamine groups is 2. The Hall–Kier alpha value is -0.160. The predicted molar refractivity (Wildman–Crippen MR) is 103 cm³/mol. The minimum absolute atomic E-state index is 0.0910. The third-order valence-corrected chi connectivity index (χ3v) is 10.2. The fourth-order valence-corrected chi connectivity index (χ4v) is 8.48. The first-order valence-corrected chi connectivity index (χ1v) is 11.4. The molecule has 0 aromatic heterocycles. The molecule has 0 bridgehead atoms. The molecule has 1 unspecified atom stereocenters. The van der Waals surface area contributed by atoms with E-state index in [4.69, 9.17) is 4.74 Å². The van der Waals surface area contributed by atoms with Crippen molar-refractivity contribution in [1.29, 1.82) is 0 Å². The molecule has 0 aromatic rings. The van der Waals surface area contributed by atoms with Gasteiger partial charge in [-0.15, -0.1) is 10.3 Å². The van der Waals surface area contributed by atoms with E-state index >= 15 is 0 Å². The highest BCUT2D eigenvalue weighted by atomic mass is 16.6. The van der Waals surface area contributed by atoms with Crippen LogP contribution in [0.15, 0.2) is 0 Å². The molecule has 5 fully saturated rings. The van der Waals surface area contributed by atoms with E-state index in [9.17, 15) is 10.3 Å². The smallest absolute Gasteiger partial charge is 0.148 e. The lowest BCUT2D eigenvalue weighted by Crippen LogP contribution is -2.59. The van der Waals surface area contributed by atoms with Crippen LogP contribution in [-0.2, 0) is 9.94 Å². The molecule has 1 aliphatic heterocycles. The number of nitrogens with zero attached hydrogens (tertiary/aromatic N) is 1. The zero-order valence-corrected chi connectivity index (χ0v) is 17.7. The number of hydrogen-bond acceptors (Lipinski definition) is 3. The lowest BCUT2D eigenvalue weighted by atomic mass is 9.44. The summed E-state index contributed by atoms with van der Waals surface area (Å²) in [5.74, 6) is 2.86. The van der Waals surface area contributed by atoms with E-state index in [1.807, 2.05) is 13.8 Å². The molecule has 1 saturated heterocycles. The number of aliphatic hydroxyl groups excluding tert-OH is 1. The van der Waals surface area contributed by atoms with Gasteiger partial charge in [-0.1, -0.05) is 13.8 Å². The Morgan fingerprint density at radius 3 is 2.33 bits per heavy atom. The van der Waals surface area contributed by atoms with Gasteiger partial charge in [0.1, 0.15) is 5.72 Å². The van der Waals surface area contributed by atoms with Crippen molar-refractivity contribution in [3.8, 4) is 0 Å². The Morgan fingerprint density at radius 2 is 1.63 bits per heavy atom.